The average Bonchev–Trinajstić information content (AvgIpc) is 2.85. The minimum absolute atomic E-state index is 0.153. The van der Waals surface area contributed by atoms with Gasteiger partial charge in [-0.3, -0.25) is 14.5 Å². The number of hydrogen-bond donors (Lipinski definition) is 2. The quantitative estimate of drug-likeness (QED) is 0.527. The maximum absolute atomic E-state index is 12.2. The third-order valence-corrected chi connectivity index (χ3v) is 5.80. The van der Waals surface area contributed by atoms with E-state index in [9.17, 15) is 19.5 Å². The highest BCUT2D eigenvalue weighted by atomic mass is 32.2. The Morgan fingerprint density at radius 3 is 2.54 bits per heavy atom. The highest BCUT2D eigenvalue weighted by Crippen LogP contribution is 2.31. The van der Waals surface area contributed by atoms with E-state index < -0.39 is 17.9 Å². The lowest BCUT2D eigenvalue weighted by molar-refractivity contribution is -0.139. The molecular weight excluding hydrogens is 392 g/mol. The number of nitrogens with zero attached hydrogens (tertiary/aromatic N) is 1. The highest BCUT2D eigenvalue weighted by Gasteiger charge is 2.28. The van der Waals surface area contributed by atoms with E-state index in [1.165, 1.54) is 28.4 Å². The molecule has 1 fully saturated rings. The number of benzene rings is 1. The number of carboxylic acid groups (broad SMARTS) is 1. The molecule has 2 rings (SSSR count). The number of hydrogen-bond acceptors (Lipinski definition) is 6. The van der Waals surface area contributed by atoms with Crippen molar-refractivity contribution in [2.24, 2.45) is 0 Å². The van der Waals surface area contributed by atoms with Gasteiger partial charge in [0.2, 0.25) is 0 Å². The van der Waals surface area contributed by atoms with Gasteiger partial charge in [0.25, 0.3) is 11.8 Å². The van der Waals surface area contributed by atoms with Gasteiger partial charge in [0, 0.05) is 12.6 Å². The molecule has 0 aromatic heterocycles. The molecule has 0 aliphatic carbocycles. The van der Waals surface area contributed by atoms with Crippen LogP contribution in [0.2, 0.25) is 0 Å². The van der Waals surface area contributed by atoms with E-state index in [1.807, 2.05) is 6.26 Å². The van der Waals surface area contributed by atoms with Crippen LogP contribution in [0.1, 0.15) is 22.3 Å². The molecule has 1 aromatic carbocycles. The Kier molecular flexibility index (Phi) is 7.24. The number of thiocarbonyl (C=S) groups is 1. The van der Waals surface area contributed by atoms with Crippen LogP contribution in [0.15, 0.2) is 29.2 Å². The summed E-state index contributed by atoms with van der Waals surface area (Å²) in [6.45, 7) is 0. The van der Waals surface area contributed by atoms with Crippen molar-refractivity contribution in [1.82, 2.24) is 10.2 Å². The smallest absolute Gasteiger partial charge is 0.326 e. The third kappa shape index (κ3) is 5.09. The van der Waals surface area contributed by atoms with Gasteiger partial charge in [-0.1, -0.05) is 36.1 Å². The van der Waals surface area contributed by atoms with Crippen molar-refractivity contribution in [3.05, 3.63) is 40.3 Å². The molecule has 2 N–H and O–H groups in total. The number of likely N-dealkylation sites (N-methyl/N-ethyl adjacent to an activating group) is 1. The van der Waals surface area contributed by atoms with Crippen molar-refractivity contribution in [1.29, 1.82) is 0 Å². The fourth-order valence-corrected chi connectivity index (χ4v) is 3.81. The number of nitrogens with one attached hydrogen (secondary N) is 1. The number of carbonyl (C=O) groups excluding carboxylic acids is 2. The first-order chi connectivity index (χ1) is 12.3. The zero-order valence-corrected chi connectivity index (χ0v) is 16.7. The van der Waals surface area contributed by atoms with Gasteiger partial charge in [0.05, 0.1) is 4.91 Å². The normalized spacial score (nSPS) is 16.8. The first-order valence-electron chi connectivity index (χ1n) is 7.67. The predicted molar refractivity (Wildman–Crippen MR) is 109 cm³/mol. The molecule has 0 radical (unpaired) electrons. The summed E-state index contributed by atoms with van der Waals surface area (Å²) in [5.74, 6) is -0.998. The summed E-state index contributed by atoms with van der Waals surface area (Å²) in [4.78, 5) is 37.4. The molecule has 0 unspecified atom stereocenters. The molecular formula is C17H18N2O4S3. The Hall–Kier alpha value is -1.84. The third-order valence-electron chi connectivity index (χ3n) is 3.67. The number of thioether (sulfide) groups is 2. The molecule has 1 aromatic rings. The Morgan fingerprint density at radius 1 is 1.38 bits per heavy atom. The SMILES string of the molecule is CSCC[C@@H](NC(=O)c1ccc(/C=C2/SC(=S)N(C)C2=O)cc1)C(=O)O. The van der Waals surface area contributed by atoms with Crippen LogP contribution in [-0.4, -0.2) is 57.2 Å². The Morgan fingerprint density at radius 2 is 2.04 bits per heavy atom. The Bertz CT molecular complexity index is 762. The minimum Gasteiger partial charge on any atom is -0.480 e. The van der Waals surface area contributed by atoms with Gasteiger partial charge >= 0.3 is 5.97 Å². The second-order valence-electron chi connectivity index (χ2n) is 5.51. The molecule has 1 heterocycles. The van der Waals surface area contributed by atoms with E-state index >= 15 is 0 Å². The molecule has 0 bridgehead atoms. The first kappa shape index (κ1) is 20.5. The summed E-state index contributed by atoms with van der Waals surface area (Å²) in [7, 11) is 1.63. The van der Waals surface area contributed by atoms with Crippen LogP contribution in [0.5, 0.6) is 0 Å². The predicted octanol–water partition coefficient (Wildman–Crippen LogP) is 2.45. The first-order valence-corrected chi connectivity index (χ1v) is 10.3. The molecule has 26 heavy (non-hydrogen) atoms. The topological polar surface area (TPSA) is 86.7 Å². The van der Waals surface area contributed by atoms with Crippen molar-refractivity contribution < 1.29 is 19.5 Å². The summed E-state index contributed by atoms with van der Waals surface area (Å²) in [6, 6.07) is 5.69. The van der Waals surface area contributed by atoms with Gasteiger partial charge in [-0.05, 0) is 42.2 Å². The van der Waals surface area contributed by atoms with Crippen LogP contribution in [-0.2, 0) is 9.59 Å². The van der Waals surface area contributed by atoms with Crippen molar-refractivity contribution in [2.45, 2.75) is 12.5 Å². The minimum atomic E-state index is -1.05. The van der Waals surface area contributed by atoms with Gasteiger partial charge in [-0.25, -0.2) is 4.79 Å². The standard InChI is InChI=1S/C17H18N2O4S3/c1-19-15(21)13(26-17(19)24)9-10-3-5-11(6-4-10)14(20)18-12(16(22)23)7-8-25-2/h3-6,9,12H,7-8H2,1-2H3,(H,18,20)(H,22,23)/b13-9+/t12-/m1/s1. The van der Waals surface area contributed by atoms with E-state index in [-0.39, 0.29) is 5.91 Å². The van der Waals surface area contributed by atoms with Crippen LogP contribution in [0.4, 0.5) is 0 Å². The maximum Gasteiger partial charge on any atom is 0.326 e. The van der Waals surface area contributed by atoms with E-state index in [2.05, 4.69) is 5.32 Å². The van der Waals surface area contributed by atoms with Gasteiger partial charge < -0.3 is 10.4 Å². The fourth-order valence-electron chi connectivity index (χ4n) is 2.16. The molecule has 6 nitrogen and oxygen atoms in total. The van der Waals surface area contributed by atoms with Crippen LogP contribution in [0, 0.1) is 0 Å². The number of aliphatic carboxylic acids is 1. The van der Waals surface area contributed by atoms with Crippen LogP contribution in [0.25, 0.3) is 6.08 Å². The highest BCUT2D eigenvalue weighted by molar-refractivity contribution is 8.26. The van der Waals surface area contributed by atoms with Gasteiger partial charge in [0.15, 0.2) is 0 Å². The van der Waals surface area contributed by atoms with Crippen molar-refractivity contribution in [3.63, 3.8) is 0 Å². The van der Waals surface area contributed by atoms with Crippen molar-refractivity contribution in [2.75, 3.05) is 19.1 Å². The lowest BCUT2D eigenvalue weighted by Gasteiger charge is -2.14. The summed E-state index contributed by atoms with van der Waals surface area (Å²) >= 11 is 7.84. The van der Waals surface area contributed by atoms with Crippen LogP contribution < -0.4 is 5.32 Å². The number of carbonyl (C=O) groups is 3. The summed E-state index contributed by atoms with van der Waals surface area (Å²) < 4.78 is 0.502. The maximum atomic E-state index is 12.2. The van der Waals surface area contributed by atoms with Gasteiger partial charge in [0.1, 0.15) is 10.4 Å². The zero-order valence-electron chi connectivity index (χ0n) is 14.2. The molecule has 1 atom stereocenters. The molecule has 9 heteroatoms. The van der Waals surface area contributed by atoms with Crippen molar-refractivity contribution >= 4 is 63.9 Å². The van der Waals surface area contributed by atoms with E-state index in [0.717, 1.165) is 5.56 Å². The second-order valence-corrected chi connectivity index (χ2v) is 8.17. The zero-order chi connectivity index (χ0) is 19.3. The molecule has 138 valence electrons. The number of carboxylic acids is 1. The molecule has 1 saturated heterocycles. The largest absolute Gasteiger partial charge is 0.480 e. The summed E-state index contributed by atoms with van der Waals surface area (Å²) in [5.41, 5.74) is 1.12. The average molecular weight is 411 g/mol. The summed E-state index contributed by atoms with van der Waals surface area (Å²) in [5, 5.41) is 11.7. The lowest BCUT2D eigenvalue weighted by atomic mass is 10.1. The van der Waals surface area contributed by atoms with E-state index in [0.29, 0.717) is 27.0 Å². The second kappa shape index (κ2) is 9.20. The molecule has 0 saturated carbocycles. The summed E-state index contributed by atoms with van der Waals surface area (Å²) in [6.07, 6.45) is 3.95. The molecule has 0 spiro atoms. The molecule has 1 aliphatic rings. The van der Waals surface area contributed by atoms with Gasteiger partial charge in [-0.15, -0.1) is 0 Å². The number of amides is 2. The van der Waals surface area contributed by atoms with Gasteiger partial charge in [-0.2, -0.15) is 11.8 Å². The fraction of sp³-hybridized carbons (Fsp3) is 0.294. The molecule has 2 amide bonds. The number of rotatable bonds is 7. The van der Waals surface area contributed by atoms with Crippen LogP contribution >= 0.6 is 35.7 Å². The van der Waals surface area contributed by atoms with E-state index in [1.54, 1.807) is 37.4 Å². The lowest BCUT2D eigenvalue weighted by Crippen LogP contribution is -2.41. The Labute approximate surface area is 165 Å². The monoisotopic (exact) mass is 410 g/mol. The van der Waals surface area contributed by atoms with Crippen LogP contribution in [0.3, 0.4) is 0 Å². The molecule has 1 aliphatic heterocycles. The Balaban J connectivity index is 2.07. The van der Waals surface area contributed by atoms with Crippen molar-refractivity contribution in [3.8, 4) is 0 Å². The van der Waals surface area contributed by atoms with E-state index in [4.69, 9.17) is 12.2 Å².